The van der Waals surface area contributed by atoms with Crippen LogP contribution < -0.4 is 5.19 Å². The summed E-state index contributed by atoms with van der Waals surface area (Å²) in [6.07, 6.45) is 1.70. The van der Waals surface area contributed by atoms with Crippen LogP contribution in [0.3, 0.4) is 0 Å². The lowest BCUT2D eigenvalue weighted by molar-refractivity contribution is -0.0312. The minimum atomic E-state index is -1.15. The van der Waals surface area contributed by atoms with Crippen molar-refractivity contribution >= 4 is 14.0 Å². The van der Waals surface area contributed by atoms with Gasteiger partial charge in [-0.3, -0.25) is 0 Å². The molecule has 1 aromatic rings. The molecule has 0 aliphatic heterocycles. The number of aryl methyl sites for hydroxylation is 1. The predicted molar refractivity (Wildman–Crippen MR) is 83.2 cm³/mol. The first-order valence-electron chi connectivity index (χ1n) is 6.59. The molecule has 0 fully saturated rings. The third-order valence-corrected chi connectivity index (χ3v) is 5.30. The van der Waals surface area contributed by atoms with Crippen LogP contribution in [0.25, 0.3) is 0 Å². The van der Waals surface area contributed by atoms with E-state index < -0.39 is 8.80 Å². The van der Waals surface area contributed by atoms with Gasteiger partial charge in [0, 0.05) is 0 Å². The van der Waals surface area contributed by atoms with E-state index in [4.69, 9.17) is 9.47 Å². The van der Waals surface area contributed by atoms with Crippen LogP contribution in [0.4, 0.5) is 0 Å². The molecule has 102 valence electrons. The van der Waals surface area contributed by atoms with E-state index >= 15 is 0 Å². The Morgan fingerprint density at radius 3 is 2.63 bits per heavy atom. The lowest BCUT2D eigenvalue weighted by Crippen LogP contribution is -2.27. The Balaban J connectivity index is 2.40. The molecule has 0 aliphatic rings. The monoisotopic (exact) mass is 274 g/mol. The van der Waals surface area contributed by atoms with Gasteiger partial charge in [-0.05, 0) is 18.2 Å². The molecule has 1 rings (SSSR count). The van der Waals surface area contributed by atoms with E-state index in [1.807, 2.05) is 0 Å². The molecule has 3 heteroatoms. The molecule has 0 aliphatic carbocycles. The Morgan fingerprint density at radius 1 is 1.26 bits per heavy atom. The average molecular weight is 274 g/mol. The summed E-state index contributed by atoms with van der Waals surface area (Å²) in [6, 6.07) is 9.87. The van der Waals surface area contributed by atoms with Crippen molar-refractivity contribution in [3.8, 4) is 11.5 Å². The predicted octanol–water partition coefficient (Wildman–Crippen LogP) is 2.17. The molecule has 0 heterocycles. The summed E-state index contributed by atoms with van der Waals surface area (Å²) in [7, 11) is -1.15. The van der Waals surface area contributed by atoms with Crippen molar-refractivity contribution in [2.75, 3.05) is 20.0 Å². The molecule has 1 unspecified atom stereocenters. The molecule has 0 bridgehead atoms. The third-order valence-electron chi connectivity index (χ3n) is 2.74. The standard InChI is InChI=1S/C16H22O2Si/c1-4-11-17-14-18-12-6-13-19(5-2)16-9-7-15(3)8-10-16/h4,7-10,19H,1,5,11-12,14H2,2-3H3. The highest BCUT2D eigenvalue weighted by Crippen LogP contribution is 1.97. The Hall–Kier alpha value is -1.34. The molecule has 1 atom stereocenters. The highest BCUT2D eigenvalue weighted by atomic mass is 28.3. The topological polar surface area (TPSA) is 18.5 Å². The maximum atomic E-state index is 5.26. The van der Waals surface area contributed by atoms with Crippen LogP contribution in [-0.2, 0) is 9.47 Å². The molecule has 0 amide bonds. The summed E-state index contributed by atoms with van der Waals surface area (Å²) in [6.45, 7) is 9.12. The Kier molecular flexibility index (Phi) is 7.91. The summed E-state index contributed by atoms with van der Waals surface area (Å²) in [5, 5.41) is 1.41. The van der Waals surface area contributed by atoms with Gasteiger partial charge >= 0.3 is 0 Å². The van der Waals surface area contributed by atoms with Crippen molar-refractivity contribution < 1.29 is 9.47 Å². The lowest BCUT2D eigenvalue weighted by Gasteiger charge is -2.06. The van der Waals surface area contributed by atoms with Crippen molar-refractivity contribution in [1.29, 1.82) is 0 Å². The SMILES string of the molecule is C=CCOCOCC#C[SiH](CC)c1ccc(C)cc1. The fraction of sp³-hybridized carbons (Fsp3) is 0.375. The van der Waals surface area contributed by atoms with Crippen LogP contribution in [-0.4, -0.2) is 28.8 Å². The normalized spacial score (nSPS) is 11.5. The van der Waals surface area contributed by atoms with E-state index in [1.54, 1.807) is 6.08 Å². The first-order chi connectivity index (χ1) is 9.27. The first-order valence-corrected chi connectivity index (χ1v) is 8.56. The Labute approximate surface area is 118 Å². The highest BCUT2D eigenvalue weighted by Gasteiger charge is 2.07. The summed E-state index contributed by atoms with van der Waals surface area (Å²) >= 11 is 0. The summed E-state index contributed by atoms with van der Waals surface area (Å²) < 4.78 is 10.4. The number of rotatable bonds is 7. The van der Waals surface area contributed by atoms with Crippen molar-refractivity contribution in [3.63, 3.8) is 0 Å². The van der Waals surface area contributed by atoms with Crippen LogP contribution >= 0.6 is 0 Å². The van der Waals surface area contributed by atoms with Crippen LogP contribution in [0.5, 0.6) is 0 Å². The number of hydrogen-bond donors (Lipinski definition) is 0. The summed E-state index contributed by atoms with van der Waals surface area (Å²) in [5.41, 5.74) is 4.68. The van der Waals surface area contributed by atoms with Gasteiger partial charge in [0.15, 0.2) is 8.80 Å². The molecule has 0 N–H and O–H groups in total. The van der Waals surface area contributed by atoms with Gasteiger partial charge in [-0.15, -0.1) is 12.1 Å². The van der Waals surface area contributed by atoms with E-state index in [0.717, 1.165) is 6.04 Å². The Morgan fingerprint density at radius 2 is 2.00 bits per heavy atom. The van der Waals surface area contributed by atoms with Crippen molar-refractivity contribution in [2.45, 2.75) is 19.9 Å². The Bertz CT molecular complexity index is 428. The molecular weight excluding hydrogens is 252 g/mol. The number of benzene rings is 1. The van der Waals surface area contributed by atoms with Crippen molar-refractivity contribution in [3.05, 3.63) is 42.5 Å². The van der Waals surface area contributed by atoms with E-state index in [0.29, 0.717) is 13.2 Å². The molecule has 0 saturated carbocycles. The van der Waals surface area contributed by atoms with Gasteiger partial charge in [-0.25, -0.2) is 0 Å². The summed E-state index contributed by atoms with van der Waals surface area (Å²) in [4.78, 5) is 0. The van der Waals surface area contributed by atoms with E-state index in [1.165, 1.54) is 10.8 Å². The molecule has 0 saturated heterocycles. The second kappa shape index (κ2) is 9.57. The number of ether oxygens (including phenoxy) is 2. The smallest absolute Gasteiger partial charge is 0.153 e. The van der Waals surface area contributed by atoms with Crippen LogP contribution in [0, 0.1) is 18.4 Å². The van der Waals surface area contributed by atoms with Gasteiger partial charge in [-0.1, -0.05) is 48.7 Å². The van der Waals surface area contributed by atoms with Gasteiger partial charge < -0.3 is 9.47 Å². The molecule has 0 aromatic heterocycles. The third kappa shape index (κ3) is 6.39. The van der Waals surface area contributed by atoms with Crippen LogP contribution in [0.15, 0.2) is 36.9 Å². The lowest BCUT2D eigenvalue weighted by atomic mass is 10.2. The molecular formula is C16H22O2Si. The largest absolute Gasteiger partial charge is 0.351 e. The van der Waals surface area contributed by atoms with Crippen molar-refractivity contribution in [1.82, 2.24) is 0 Å². The van der Waals surface area contributed by atoms with E-state index in [2.05, 4.69) is 56.2 Å². The maximum absolute atomic E-state index is 5.26. The summed E-state index contributed by atoms with van der Waals surface area (Å²) in [5.74, 6) is 3.11. The van der Waals surface area contributed by atoms with E-state index in [9.17, 15) is 0 Å². The fourth-order valence-electron chi connectivity index (χ4n) is 1.67. The van der Waals surface area contributed by atoms with Gasteiger partial charge in [0.2, 0.25) is 0 Å². The van der Waals surface area contributed by atoms with Crippen molar-refractivity contribution in [2.24, 2.45) is 0 Å². The molecule has 0 radical (unpaired) electrons. The quantitative estimate of drug-likeness (QED) is 0.249. The zero-order chi connectivity index (χ0) is 13.9. The second-order valence-electron chi connectivity index (χ2n) is 4.32. The van der Waals surface area contributed by atoms with Crippen LogP contribution in [0.1, 0.15) is 12.5 Å². The highest BCUT2D eigenvalue weighted by molar-refractivity contribution is 6.80. The van der Waals surface area contributed by atoms with Gasteiger partial charge in [-0.2, -0.15) is 0 Å². The van der Waals surface area contributed by atoms with Gasteiger partial charge in [0.1, 0.15) is 13.4 Å². The van der Waals surface area contributed by atoms with E-state index in [-0.39, 0.29) is 6.79 Å². The molecule has 19 heavy (non-hydrogen) atoms. The minimum Gasteiger partial charge on any atom is -0.351 e. The first kappa shape index (κ1) is 15.7. The average Bonchev–Trinajstić information content (AvgIpc) is 2.43. The fourth-order valence-corrected chi connectivity index (χ4v) is 3.50. The molecule has 0 spiro atoms. The molecule has 2 nitrogen and oxygen atoms in total. The van der Waals surface area contributed by atoms with Gasteiger partial charge in [0.25, 0.3) is 0 Å². The molecule has 1 aromatic carbocycles. The minimum absolute atomic E-state index is 0.281. The zero-order valence-corrected chi connectivity index (χ0v) is 13.0. The zero-order valence-electron chi connectivity index (χ0n) is 11.8. The number of hydrogen-bond acceptors (Lipinski definition) is 2. The second-order valence-corrected chi connectivity index (χ2v) is 7.20. The maximum Gasteiger partial charge on any atom is 0.153 e. The van der Waals surface area contributed by atoms with Crippen LogP contribution in [0.2, 0.25) is 6.04 Å². The van der Waals surface area contributed by atoms with Gasteiger partial charge in [0.05, 0.1) is 6.61 Å².